The van der Waals surface area contributed by atoms with E-state index in [0.29, 0.717) is 4.73 Å². The number of rotatable bonds is 1. The number of hydrogen-bond donors (Lipinski definition) is 0. The van der Waals surface area contributed by atoms with Gasteiger partial charge in [0, 0.05) is 20.3 Å². The van der Waals surface area contributed by atoms with Crippen molar-refractivity contribution >= 4 is 21.7 Å². The Bertz CT molecular complexity index is 224. The minimum Gasteiger partial charge on any atom is -0.363 e. The summed E-state index contributed by atoms with van der Waals surface area (Å²) >= 11 is 3.18. The van der Waals surface area contributed by atoms with Gasteiger partial charge in [-0.25, -0.2) is 9.97 Å². The number of anilines is 1. The van der Waals surface area contributed by atoms with Crippen molar-refractivity contribution in [3.05, 3.63) is 17.0 Å². The summed E-state index contributed by atoms with van der Waals surface area (Å²) in [6, 6.07) is 1.85. The predicted molar refractivity (Wildman–Crippen MR) is 44.1 cm³/mol. The summed E-state index contributed by atoms with van der Waals surface area (Å²) < 4.78 is 0.624. The summed E-state index contributed by atoms with van der Waals surface area (Å²) in [5.41, 5.74) is 0. The molecule has 0 saturated carbocycles. The zero-order chi connectivity index (χ0) is 7.56. The number of nitrogens with zero attached hydrogens (tertiary/aromatic N) is 3. The van der Waals surface area contributed by atoms with Crippen LogP contribution in [0.15, 0.2) is 17.0 Å². The highest BCUT2D eigenvalue weighted by atomic mass is 79.9. The number of hydrogen-bond acceptors (Lipinski definition) is 3. The van der Waals surface area contributed by atoms with Crippen LogP contribution in [-0.2, 0) is 0 Å². The summed E-state index contributed by atoms with van der Waals surface area (Å²) in [6.45, 7) is 0. The minimum atomic E-state index is 0.624. The van der Waals surface area contributed by atoms with E-state index in [-0.39, 0.29) is 0 Å². The Balaban J connectivity index is 2.96. The van der Waals surface area contributed by atoms with E-state index < -0.39 is 0 Å². The molecule has 0 fully saturated rings. The third-order valence-corrected chi connectivity index (χ3v) is 1.45. The highest BCUT2D eigenvalue weighted by Gasteiger charge is 1.95. The first-order valence-electron chi connectivity index (χ1n) is 2.86. The van der Waals surface area contributed by atoms with Crippen LogP contribution in [-0.4, -0.2) is 24.1 Å². The molecule has 0 aromatic carbocycles. The Morgan fingerprint density at radius 3 is 2.60 bits per heavy atom. The zero-order valence-corrected chi connectivity index (χ0v) is 7.46. The predicted octanol–water partition coefficient (Wildman–Crippen LogP) is 1.31. The van der Waals surface area contributed by atoms with Gasteiger partial charge in [0.25, 0.3) is 0 Å². The Hall–Kier alpha value is -0.640. The molecule has 10 heavy (non-hydrogen) atoms. The maximum absolute atomic E-state index is 4.10. The molecule has 0 aliphatic rings. The molecule has 0 N–H and O–H groups in total. The van der Waals surface area contributed by atoms with E-state index in [4.69, 9.17) is 0 Å². The molecular formula is C6H8BrN3. The van der Waals surface area contributed by atoms with Gasteiger partial charge in [0.1, 0.15) is 5.82 Å². The molecular weight excluding hydrogens is 194 g/mol. The molecule has 0 aliphatic heterocycles. The van der Waals surface area contributed by atoms with Crippen molar-refractivity contribution in [3.63, 3.8) is 0 Å². The fourth-order valence-electron chi connectivity index (χ4n) is 0.575. The first kappa shape index (κ1) is 7.47. The SMILES string of the molecule is CN(C)c1ccnc(Br)n1. The second kappa shape index (κ2) is 2.96. The van der Waals surface area contributed by atoms with Gasteiger partial charge in [-0.05, 0) is 22.0 Å². The Kier molecular flexibility index (Phi) is 2.21. The average Bonchev–Trinajstić information content (AvgIpc) is 1.88. The largest absolute Gasteiger partial charge is 0.363 e. The molecule has 0 radical (unpaired) electrons. The standard InChI is InChI=1S/C6H8BrN3/c1-10(2)5-3-4-8-6(7)9-5/h3-4H,1-2H3. The van der Waals surface area contributed by atoms with Crippen LogP contribution < -0.4 is 4.90 Å². The van der Waals surface area contributed by atoms with Gasteiger partial charge in [0.05, 0.1) is 0 Å². The molecule has 0 saturated heterocycles. The number of aromatic nitrogens is 2. The second-order valence-electron chi connectivity index (χ2n) is 2.08. The van der Waals surface area contributed by atoms with Crippen LogP contribution in [0, 0.1) is 0 Å². The maximum atomic E-state index is 4.10. The molecule has 0 bridgehead atoms. The lowest BCUT2D eigenvalue weighted by Crippen LogP contribution is -2.10. The molecule has 0 spiro atoms. The summed E-state index contributed by atoms with van der Waals surface area (Å²) in [7, 11) is 3.88. The highest BCUT2D eigenvalue weighted by molar-refractivity contribution is 9.10. The normalized spacial score (nSPS) is 9.50. The van der Waals surface area contributed by atoms with Gasteiger partial charge in [0.2, 0.25) is 0 Å². The summed E-state index contributed by atoms with van der Waals surface area (Å²) in [6.07, 6.45) is 1.71. The van der Waals surface area contributed by atoms with Crippen molar-refractivity contribution in [1.29, 1.82) is 0 Å². The Morgan fingerprint density at radius 1 is 1.50 bits per heavy atom. The maximum Gasteiger partial charge on any atom is 0.198 e. The smallest absolute Gasteiger partial charge is 0.198 e. The van der Waals surface area contributed by atoms with Crippen LogP contribution in [0.25, 0.3) is 0 Å². The van der Waals surface area contributed by atoms with Gasteiger partial charge in [-0.1, -0.05) is 0 Å². The van der Waals surface area contributed by atoms with Crippen LogP contribution in [0.3, 0.4) is 0 Å². The van der Waals surface area contributed by atoms with Gasteiger partial charge in [-0.2, -0.15) is 0 Å². The highest BCUT2D eigenvalue weighted by Crippen LogP contribution is 2.08. The molecule has 1 aromatic rings. The quantitative estimate of drug-likeness (QED) is 0.642. The molecule has 0 unspecified atom stereocenters. The van der Waals surface area contributed by atoms with Gasteiger partial charge in [-0.3, -0.25) is 0 Å². The molecule has 1 rings (SSSR count). The van der Waals surface area contributed by atoms with Crippen LogP contribution in [0.1, 0.15) is 0 Å². The van der Waals surface area contributed by atoms with Gasteiger partial charge in [-0.15, -0.1) is 0 Å². The summed E-state index contributed by atoms with van der Waals surface area (Å²) in [4.78, 5) is 9.93. The first-order valence-corrected chi connectivity index (χ1v) is 3.65. The lowest BCUT2D eigenvalue weighted by Gasteiger charge is -2.09. The van der Waals surface area contributed by atoms with Gasteiger partial charge >= 0.3 is 0 Å². The van der Waals surface area contributed by atoms with E-state index >= 15 is 0 Å². The van der Waals surface area contributed by atoms with Crippen molar-refractivity contribution < 1.29 is 0 Å². The molecule has 3 nitrogen and oxygen atoms in total. The first-order chi connectivity index (χ1) is 4.70. The van der Waals surface area contributed by atoms with E-state index in [9.17, 15) is 0 Å². The fourth-order valence-corrected chi connectivity index (χ4v) is 0.875. The third-order valence-electron chi connectivity index (χ3n) is 1.07. The molecule has 0 atom stereocenters. The van der Waals surface area contributed by atoms with Crippen LogP contribution in [0.4, 0.5) is 5.82 Å². The van der Waals surface area contributed by atoms with Crippen molar-refractivity contribution in [2.45, 2.75) is 0 Å². The van der Waals surface area contributed by atoms with Gasteiger partial charge in [0.15, 0.2) is 4.73 Å². The average molecular weight is 202 g/mol. The molecule has 1 aromatic heterocycles. The third kappa shape index (κ3) is 1.67. The van der Waals surface area contributed by atoms with Crippen LogP contribution >= 0.6 is 15.9 Å². The van der Waals surface area contributed by atoms with E-state index in [1.807, 2.05) is 25.1 Å². The lowest BCUT2D eigenvalue weighted by atomic mass is 10.5. The van der Waals surface area contributed by atoms with E-state index in [1.165, 1.54) is 0 Å². The summed E-state index contributed by atoms with van der Waals surface area (Å²) in [5, 5.41) is 0. The van der Waals surface area contributed by atoms with E-state index in [2.05, 4.69) is 25.9 Å². The Morgan fingerprint density at radius 2 is 2.20 bits per heavy atom. The molecule has 1 heterocycles. The van der Waals surface area contributed by atoms with Crippen molar-refractivity contribution in [2.75, 3.05) is 19.0 Å². The van der Waals surface area contributed by atoms with Crippen molar-refractivity contribution in [3.8, 4) is 0 Å². The molecule has 54 valence electrons. The van der Waals surface area contributed by atoms with Crippen molar-refractivity contribution in [2.24, 2.45) is 0 Å². The molecule has 4 heteroatoms. The monoisotopic (exact) mass is 201 g/mol. The Labute approximate surface area is 68.2 Å². The molecule has 0 aliphatic carbocycles. The molecule has 0 amide bonds. The lowest BCUT2D eigenvalue weighted by molar-refractivity contribution is 1.01. The topological polar surface area (TPSA) is 29.0 Å². The van der Waals surface area contributed by atoms with E-state index in [1.54, 1.807) is 6.20 Å². The fraction of sp³-hybridized carbons (Fsp3) is 0.333. The summed E-state index contributed by atoms with van der Waals surface area (Å²) in [5.74, 6) is 0.905. The van der Waals surface area contributed by atoms with Crippen LogP contribution in [0.5, 0.6) is 0 Å². The second-order valence-corrected chi connectivity index (χ2v) is 2.79. The number of halogens is 1. The minimum absolute atomic E-state index is 0.624. The zero-order valence-electron chi connectivity index (χ0n) is 5.87. The van der Waals surface area contributed by atoms with Gasteiger partial charge < -0.3 is 4.90 Å². The van der Waals surface area contributed by atoms with Crippen LogP contribution in [0.2, 0.25) is 0 Å². The van der Waals surface area contributed by atoms with E-state index in [0.717, 1.165) is 5.82 Å². The van der Waals surface area contributed by atoms with Crippen molar-refractivity contribution in [1.82, 2.24) is 9.97 Å².